The van der Waals surface area contributed by atoms with E-state index in [1.807, 2.05) is 54.6 Å². The summed E-state index contributed by atoms with van der Waals surface area (Å²) in [6.45, 7) is 2.40. The molecule has 0 saturated carbocycles. The first kappa shape index (κ1) is 21.5. The third kappa shape index (κ3) is 5.50. The molecular formula is C27H27N3O2. The van der Waals surface area contributed by atoms with E-state index >= 15 is 0 Å². The van der Waals surface area contributed by atoms with Gasteiger partial charge in [-0.2, -0.15) is 0 Å². The molecule has 0 unspecified atom stereocenters. The molecule has 0 aliphatic heterocycles. The van der Waals surface area contributed by atoms with Crippen LogP contribution in [0.3, 0.4) is 0 Å². The maximum Gasteiger partial charge on any atom is 0.252 e. The van der Waals surface area contributed by atoms with Crippen LogP contribution in [0.25, 0.3) is 22.8 Å². The minimum absolute atomic E-state index is 0.120. The van der Waals surface area contributed by atoms with Gasteiger partial charge in [0.15, 0.2) is 5.76 Å². The van der Waals surface area contributed by atoms with E-state index in [2.05, 4.69) is 46.5 Å². The lowest BCUT2D eigenvalue weighted by Gasteiger charge is -2.17. The zero-order valence-corrected chi connectivity index (χ0v) is 18.2. The van der Waals surface area contributed by atoms with Crippen molar-refractivity contribution < 1.29 is 9.21 Å². The summed E-state index contributed by atoms with van der Waals surface area (Å²) >= 11 is 0. The van der Waals surface area contributed by atoms with Crippen molar-refractivity contribution in [3.8, 4) is 22.8 Å². The molecule has 32 heavy (non-hydrogen) atoms. The quantitative estimate of drug-likeness (QED) is 0.372. The monoisotopic (exact) mass is 425 g/mol. The molecular weight excluding hydrogens is 398 g/mol. The maximum absolute atomic E-state index is 12.9. The minimum Gasteiger partial charge on any atom is -0.436 e. The molecule has 0 atom stereocenters. The van der Waals surface area contributed by atoms with Crippen LogP contribution in [0, 0.1) is 0 Å². The lowest BCUT2D eigenvalue weighted by Crippen LogP contribution is -2.28. The van der Waals surface area contributed by atoms with Gasteiger partial charge in [-0.15, -0.1) is 0 Å². The van der Waals surface area contributed by atoms with Crippen LogP contribution in [-0.2, 0) is 6.54 Å². The highest BCUT2D eigenvalue weighted by Crippen LogP contribution is 2.28. The number of benzene rings is 3. The van der Waals surface area contributed by atoms with Gasteiger partial charge in [0.25, 0.3) is 5.91 Å². The second-order valence-electron chi connectivity index (χ2n) is 7.77. The SMILES string of the molecule is CN(CCCNC(=O)c1ccccc1-c1ncc(-c2ccccc2)o1)Cc1ccccc1. The topological polar surface area (TPSA) is 58.4 Å². The van der Waals surface area contributed by atoms with Gasteiger partial charge in [-0.25, -0.2) is 4.98 Å². The number of oxazole rings is 1. The molecule has 4 rings (SSSR count). The molecule has 5 heteroatoms. The number of hydrogen-bond donors (Lipinski definition) is 1. The van der Waals surface area contributed by atoms with Crippen molar-refractivity contribution in [3.63, 3.8) is 0 Å². The highest BCUT2D eigenvalue weighted by molar-refractivity contribution is 6.00. The van der Waals surface area contributed by atoms with Gasteiger partial charge in [0.05, 0.1) is 11.8 Å². The molecule has 0 aliphatic carbocycles. The molecule has 1 amide bonds. The molecule has 0 aliphatic rings. The fraction of sp³-hybridized carbons (Fsp3) is 0.185. The largest absolute Gasteiger partial charge is 0.436 e. The van der Waals surface area contributed by atoms with Gasteiger partial charge in [0, 0.05) is 24.2 Å². The normalized spacial score (nSPS) is 10.9. The number of carbonyl (C=O) groups excluding carboxylic acids is 1. The number of carbonyl (C=O) groups is 1. The first-order valence-electron chi connectivity index (χ1n) is 10.8. The van der Waals surface area contributed by atoms with E-state index in [-0.39, 0.29) is 5.91 Å². The van der Waals surface area contributed by atoms with Crippen LogP contribution in [-0.4, -0.2) is 35.9 Å². The summed E-state index contributed by atoms with van der Waals surface area (Å²) < 4.78 is 5.96. The molecule has 4 aromatic rings. The Labute approximate surface area is 188 Å². The van der Waals surface area contributed by atoms with Crippen LogP contribution in [0.15, 0.2) is 95.5 Å². The van der Waals surface area contributed by atoms with Crippen molar-refractivity contribution in [1.29, 1.82) is 0 Å². The van der Waals surface area contributed by atoms with Gasteiger partial charge in [-0.3, -0.25) is 4.79 Å². The molecule has 1 aromatic heterocycles. The lowest BCUT2D eigenvalue weighted by atomic mass is 10.1. The van der Waals surface area contributed by atoms with Crippen molar-refractivity contribution in [2.45, 2.75) is 13.0 Å². The first-order valence-corrected chi connectivity index (χ1v) is 10.8. The Bertz CT molecular complexity index is 1140. The van der Waals surface area contributed by atoms with Crippen LogP contribution < -0.4 is 5.32 Å². The third-order valence-corrected chi connectivity index (χ3v) is 5.26. The average Bonchev–Trinajstić information content (AvgIpc) is 3.33. The molecule has 1 heterocycles. The fourth-order valence-electron chi connectivity index (χ4n) is 3.62. The second kappa shape index (κ2) is 10.6. The van der Waals surface area contributed by atoms with Crippen molar-refractivity contribution in [1.82, 2.24) is 15.2 Å². The molecule has 0 saturated heterocycles. The van der Waals surface area contributed by atoms with Crippen LogP contribution in [0.4, 0.5) is 0 Å². The number of rotatable bonds is 9. The van der Waals surface area contributed by atoms with E-state index in [0.29, 0.717) is 29.3 Å². The van der Waals surface area contributed by atoms with E-state index in [4.69, 9.17) is 4.42 Å². The van der Waals surface area contributed by atoms with Crippen LogP contribution >= 0.6 is 0 Å². The number of nitrogens with zero attached hydrogens (tertiary/aromatic N) is 2. The summed E-state index contributed by atoms with van der Waals surface area (Å²) in [7, 11) is 2.09. The van der Waals surface area contributed by atoms with E-state index in [9.17, 15) is 4.79 Å². The highest BCUT2D eigenvalue weighted by atomic mass is 16.4. The van der Waals surface area contributed by atoms with Gasteiger partial charge in [-0.1, -0.05) is 72.8 Å². The van der Waals surface area contributed by atoms with Gasteiger partial charge in [0.2, 0.25) is 5.89 Å². The predicted octanol–water partition coefficient (Wildman–Crippen LogP) is 5.26. The van der Waals surface area contributed by atoms with Gasteiger partial charge < -0.3 is 14.6 Å². The molecule has 5 nitrogen and oxygen atoms in total. The Balaban J connectivity index is 1.34. The summed E-state index contributed by atoms with van der Waals surface area (Å²) in [6, 6.07) is 27.6. The highest BCUT2D eigenvalue weighted by Gasteiger charge is 2.16. The Morgan fingerprint density at radius 1 is 0.938 bits per heavy atom. The summed E-state index contributed by atoms with van der Waals surface area (Å²) in [4.78, 5) is 19.5. The zero-order chi connectivity index (χ0) is 22.2. The van der Waals surface area contributed by atoms with Gasteiger partial charge in [-0.05, 0) is 37.7 Å². The fourth-order valence-corrected chi connectivity index (χ4v) is 3.62. The molecule has 0 fully saturated rings. The molecule has 0 spiro atoms. The summed E-state index contributed by atoms with van der Waals surface area (Å²) in [6.07, 6.45) is 2.57. The molecule has 0 radical (unpaired) electrons. The van der Waals surface area contributed by atoms with Gasteiger partial charge >= 0.3 is 0 Å². The predicted molar refractivity (Wildman–Crippen MR) is 127 cm³/mol. The third-order valence-electron chi connectivity index (χ3n) is 5.26. The van der Waals surface area contributed by atoms with Crippen LogP contribution in [0.2, 0.25) is 0 Å². The van der Waals surface area contributed by atoms with Crippen LogP contribution in [0.5, 0.6) is 0 Å². The van der Waals surface area contributed by atoms with Gasteiger partial charge in [0.1, 0.15) is 0 Å². The molecule has 3 aromatic carbocycles. The second-order valence-corrected chi connectivity index (χ2v) is 7.77. The standard InChI is InChI=1S/C27H27N3O2/c1-30(20-21-11-4-2-5-12-21)18-10-17-28-26(31)23-15-8-9-16-24(23)27-29-19-25(32-27)22-13-6-3-7-14-22/h2-9,11-16,19H,10,17-18,20H2,1H3,(H,28,31). The smallest absolute Gasteiger partial charge is 0.252 e. The molecule has 0 bridgehead atoms. The van der Waals surface area contributed by atoms with Crippen molar-refractivity contribution in [3.05, 3.63) is 102 Å². The summed E-state index contributed by atoms with van der Waals surface area (Å²) in [5.41, 5.74) is 3.49. The van der Waals surface area contributed by atoms with E-state index in [1.54, 1.807) is 12.3 Å². The summed E-state index contributed by atoms with van der Waals surface area (Å²) in [5, 5.41) is 3.03. The van der Waals surface area contributed by atoms with Crippen molar-refractivity contribution >= 4 is 5.91 Å². The average molecular weight is 426 g/mol. The summed E-state index contributed by atoms with van der Waals surface area (Å²) in [5.74, 6) is 1.00. The van der Waals surface area contributed by atoms with Crippen LogP contribution in [0.1, 0.15) is 22.3 Å². The Morgan fingerprint density at radius 2 is 1.62 bits per heavy atom. The number of aromatic nitrogens is 1. The number of nitrogens with one attached hydrogen (secondary N) is 1. The first-order chi connectivity index (χ1) is 15.7. The Hall–Kier alpha value is -3.70. The maximum atomic E-state index is 12.9. The molecule has 1 N–H and O–H groups in total. The van der Waals surface area contributed by atoms with Crippen molar-refractivity contribution in [2.24, 2.45) is 0 Å². The minimum atomic E-state index is -0.120. The number of amides is 1. The zero-order valence-electron chi connectivity index (χ0n) is 18.2. The number of hydrogen-bond acceptors (Lipinski definition) is 4. The van der Waals surface area contributed by atoms with E-state index in [0.717, 1.165) is 25.1 Å². The molecule has 162 valence electrons. The Kier molecular flexibility index (Phi) is 7.10. The van der Waals surface area contributed by atoms with E-state index < -0.39 is 0 Å². The van der Waals surface area contributed by atoms with Crippen molar-refractivity contribution in [2.75, 3.05) is 20.1 Å². The Morgan fingerprint density at radius 3 is 2.41 bits per heavy atom. The lowest BCUT2D eigenvalue weighted by molar-refractivity contribution is 0.0952. The van der Waals surface area contributed by atoms with E-state index in [1.165, 1.54) is 5.56 Å².